The van der Waals surface area contributed by atoms with Gasteiger partial charge in [0.15, 0.2) is 17.9 Å². The van der Waals surface area contributed by atoms with Crippen LogP contribution in [0.2, 0.25) is 0 Å². The Morgan fingerprint density at radius 2 is 2.05 bits per heavy atom. The third kappa shape index (κ3) is 4.02. The fourth-order valence-electron chi connectivity index (χ4n) is 1.25. The molecule has 0 spiro atoms. The molecule has 0 heterocycles. The lowest BCUT2D eigenvalue weighted by Crippen LogP contribution is -2.12. The number of carboxylic acid groups (broad SMARTS) is 1. The summed E-state index contributed by atoms with van der Waals surface area (Å²) in [6, 6.07) is 3.66. The van der Waals surface area contributed by atoms with Crippen molar-refractivity contribution in [1.82, 2.24) is 0 Å². The van der Waals surface area contributed by atoms with E-state index < -0.39 is 23.5 Å². The molecule has 1 aromatic rings. The van der Waals surface area contributed by atoms with Crippen LogP contribution in [-0.4, -0.2) is 23.3 Å². The Bertz CT molecular complexity index is 536. The molecule has 0 aromatic heterocycles. The molecule has 0 amide bonds. The van der Waals surface area contributed by atoms with Gasteiger partial charge in [-0.2, -0.15) is 0 Å². The van der Waals surface area contributed by atoms with Crippen molar-refractivity contribution in [3.63, 3.8) is 0 Å². The highest BCUT2D eigenvalue weighted by molar-refractivity contribution is 5.87. The highest BCUT2D eigenvalue weighted by atomic mass is 19.1. The van der Waals surface area contributed by atoms with Gasteiger partial charge in [0.2, 0.25) is 0 Å². The number of aliphatic carboxylic acids is 1. The summed E-state index contributed by atoms with van der Waals surface area (Å²) in [5, 5.41) is 8.55. The second-order valence-electron chi connectivity index (χ2n) is 3.66. The summed E-state index contributed by atoms with van der Waals surface area (Å²) in [5.74, 6) is -3.35. The Labute approximate surface area is 108 Å². The molecule has 0 aliphatic heterocycles. The maximum absolute atomic E-state index is 13.4. The van der Waals surface area contributed by atoms with E-state index >= 15 is 0 Å². The predicted octanol–water partition coefficient (Wildman–Crippen LogP) is 1.96. The quantitative estimate of drug-likeness (QED) is 0.368. The molecular formula is C13H11FO5. The molecule has 1 rings (SSSR count). The number of rotatable bonds is 6. The molecule has 0 bridgehead atoms. The van der Waals surface area contributed by atoms with E-state index in [0.717, 1.165) is 6.07 Å². The maximum atomic E-state index is 13.4. The van der Waals surface area contributed by atoms with Gasteiger partial charge in [-0.25, -0.2) is 9.18 Å². The Morgan fingerprint density at radius 3 is 2.63 bits per heavy atom. The van der Waals surface area contributed by atoms with Gasteiger partial charge >= 0.3 is 11.9 Å². The fraction of sp³-hybridized carbons (Fsp3) is 0.154. The number of benzene rings is 1. The van der Waals surface area contributed by atoms with Crippen LogP contribution in [-0.2, 0) is 9.59 Å². The monoisotopic (exact) mass is 266 g/mol. The van der Waals surface area contributed by atoms with Crippen molar-refractivity contribution in [3.05, 3.63) is 41.7 Å². The normalized spacial score (nSPS) is 9.74. The molecule has 1 N–H and O–H groups in total. The van der Waals surface area contributed by atoms with Crippen LogP contribution in [0.4, 0.5) is 4.39 Å². The van der Waals surface area contributed by atoms with Gasteiger partial charge in [0, 0.05) is 5.57 Å². The number of ether oxygens (including phenoxy) is 1. The van der Waals surface area contributed by atoms with Crippen molar-refractivity contribution < 1.29 is 28.6 Å². The summed E-state index contributed by atoms with van der Waals surface area (Å²) in [4.78, 5) is 32.6. The number of para-hydroxylation sites is 1. The van der Waals surface area contributed by atoms with Crippen LogP contribution >= 0.6 is 0 Å². The number of carbonyl (C=O) groups is 3. The van der Waals surface area contributed by atoms with E-state index in [-0.39, 0.29) is 24.0 Å². The third-order valence-corrected chi connectivity index (χ3v) is 2.27. The molecule has 19 heavy (non-hydrogen) atoms. The van der Waals surface area contributed by atoms with E-state index in [0.29, 0.717) is 6.29 Å². The van der Waals surface area contributed by atoms with Crippen molar-refractivity contribution in [2.45, 2.75) is 12.8 Å². The second kappa shape index (κ2) is 6.44. The van der Waals surface area contributed by atoms with Crippen LogP contribution in [0.25, 0.3) is 0 Å². The minimum atomic E-state index is -1.22. The molecule has 0 aliphatic rings. The van der Waals surface area contributed by atoms with Crippen molar-refractivity contribution in [2.24, 2.45) is 0 Å². The van der Waals surface area contributed by atoms with E-state index in [1.807, 2.05) is 0 Å². The molecule has 0 unspecified atom stereocenters. The minimum Gasteiger partial charge on any atom is -0.478 e. The van der Waals surface area contributed by atoms with Gasteiger partial charge in [-0.15, -0.1) is 0 Å². The molecule has 100 valence electrons. The lowest BCUT2D eigenvalue weighted by Gasteiger charge is -2.07. The first-order valence-corrected chi connectivity index (χ1v) is 5.31. The zero-order chi connectivity index (χ0) is 14.4. The molecule has 1 aromatic carbocycles. The smallest absolute Gasteiger partial charge is 0.330 e. The number of carbonyl (C=O) groups excluding carboxylic acids is 2. The van der Waals surface area contributed by atoms with Crippen LogP contribution in [0.15, 0.2) is 30.4 Å². The van der Waals surface area contributed by atoms with E-state index in [2.05, 4.69) is 6.58 Å². The first-order valence-electron chi connectivity index (χ1n) is 5.31. The van der Waals surface area contributed by atoms with Crippen molar-refractivity contribution in [3.8, 4) is 5.75 Å². The number of aldehydes is 1. The van der Waals surface area contributed by atoms with Crippen LogP contribution < -0.4 is 4.74 Å². The first-order chi connectivity index (χ1) is 8.95. The maximum Gasteiger partial charge on any atom is 0.330 e. The Balaban J connectivity index is 2.70. The van der Waals surface area contributed by atoms with Crippen molar-refractivity contribution in [2.75, 3.05) is 0 Å². The average Bonchev–Trinajstić information content (AvgIpc) is 2.38. The summed E-state index contributed by atoms with van der Waals surface area (Å²) in [6.45, 7) is 3.25. The van der Waals surface area contributed by atoms with Crippen LogP contribution in [0.5, 0.6) is 5.75 Å². The van der Waals surface area contributed by atoms with Gasteiger partial charge in [-0.1, -0.05) is 12.6 Å². The number of carboxylic acids is 1. The topological polar surface area (TPSA) is 80.7 Å². The number of halogens is 1. The van der Waals surface area contributed by atoms with Crippen molar-refractivity contribution in [1.29, 1.82) is 0 Å². The van der Waals surface area contributed by atoms with E-state index in [1.54, 1.807) is 0 Å². The lowest BCUT2D eigenvalue weighted by atomic mass is 10.1. The van der Waals surface area contributed by atoms with E-state index in [1.165, 1.54) is 12.1 Å². The summed E-state index contributed by atoms with van der Waals surface area (Å²) in [5.41, 5.74) is -0.244. The van der Waals surface area contributed by atoms with Gasteiger partial charge in [0.25, 0.3) is 0 Å². The standard InChI is InChI=1S/C13H11FO5/c1-8(13(17)18)5-6-11(16)19-12-9(7-15)3-2-4-10(12)14/h2-4,7H,1,5-6H2,(H,17,18). The SMILES string of the molecule is C=C(CCC(=O)Oc1c(F)cccc1C=O)C(=O)O. The van der Waals surface area contributed by atoms with E-state index in [4.69, 9.17) is 9.84 Å². The third-order valence-electron chi connectivity index (χ3n) is 2.27. The van der Waals surface area contributed by atoms with E-state index in [9.17, 15) is 18.8 Å². The predicted molar refractivity (Wildman–Crippen MR) is 63.4 cm³/mol. The Hall–Kier alpha value is -2.50. The summed E-state index contributed by atoms with van der Waals surface area (Å²) in [6.07, 6.45) is -0.0152. The van der Waals surface area contributed by atoms with Crippen LogP contribution in [0, 0.1) is 5.82 Å². The van der Waals surface area contributed by atoms with Crippen molar-refractivity contribution >= 4 is 18.2 Å². The summed E-state index contributed by atoms with van der Waals surface area (Å²) in [7, 11) is 0. The first kappa shape index (κ1) is 14.6. The van der Waals surface area contributed by atoms with Gasteiger partial charge in [0.05, 0.1) is 12.0 Å². The zero-order valence-corrected chi connectivity index (χ0v) is 9.89. The Kier molecular flexibility index (Phi) is 4.93. The molecule has 0 saturated heterocycles. The Morgan fingerprint density at radius 1 is 1.37 bits per heavy atom. The molecule has 0 saturated carbocycles. The zero-order valence-electron chi connectivity index (χ0n) is 9.89. The van der Waals surface area contributed by atoms with Gasteiger partial charge in [0.1, 0.15) is 0 Å². The van der Waals surface area contributed by atoms with Gasteiger partial charge < -0.3 is 9.84 Å². The van der Waals surface area contributed by atoms with Crippen LogP contribution in [0.3, 0.4) is 0 Å². The fourth-order valence-corrected chi connectivity index (χ4v) is 1.25. The molecule has 6 heteroatoms. The van der Waals surface area contributed by atoms with Crippen LogP contribution in [0.1, 0.15) is 23.2 Å². The summed E-state index contributed by atoms with van der Waals surface area (Å²) < 4.78 is 18.1. The van der Waals surface area contributed by atoms with Gasteiger partial charge in [-0.3, -0.25) is 9.59 Å². The molecular weight excluding hydrogens is 255 g/mol. The minimum absolute atomic E-state index is 0.0922. The molecule has 5 nitrogen and oxygen atoms in total. The molecule has 0 aliphatic carbocycles. The molecule has 0 atom stereocenters. The highest BCUT2D eigenvalue weighted by Crippen LogP contribution is 2.21. The molecule has 0 fully saturated rings. The molecule has 0 radical (unpaired) electrons. The number of hydrogen-bond donors (Lipinski definition) is 1. The largest absolute Gasteiger partial charge is 0.478 e. The highest BCUT2D eigenvalue weighted by Gasteiger charge is 2.15. The second-order valence-corrected chi connectivity index (χ2v) is 3.66. The number of hydrogen-bond acceptors (Lipinski definition) is 4. The summed E-state index contributed by atoms with van der Waals surface area (Å²) >= 11 is 0. The van der Waals surface area contributed by atoms with Gasteiger partial charge in [-0.05, 0) is 18.6 Å². The number of esters is 1. The lowest BCUT2D eigenvalue weighted by molar-refractivity contribution is -0.134. The average molecular weight is 266 g/mol.